The molecule has 2 aromatic rings. The van der Waals surface area contributed by atoms with Gasteiger partial charge in [-0.1, -0.05) is 36.8 Å². The molecule has 1 atom stereocenters. The minimum atomic E-state index is 0.706. The van der Waals surface area contributed by atoms with Crippen LogP contribution in [0, 0.1) is 6.92 Å². The van der Waals surface area contributed by atoms with Crippen molar-refractivity contribution in [3.05, 3.63) is 53.0 Å². The topological polar surface area (TPSA) is 35.5 Å². The number of aromatic nitrogens is 2. The highest BCUT2D eigenvalue weighted by Gasteiger charge is 2.32. The van der Waals surface area contributed by atoms with E-state index in [0.29, 0.717) is 6.04 Å². The van der Waals surface area contributed by atoms with Gasteiger partial charge >= 0.3 is 0 Å². The summed E-state index contributed by atoms with van der Waals surface area (Å²) in [6, 6.07) is 11.5. The van der Waals surface area contributed by atoms with Crippen molar-refractivity contribution in [1.29, 1.82) is 0 Å². The van der Waals surface area contributed by atoms with Gasteiger partial charge in [0.15, 0.2) is 0 Å². The molecule has 4 heterocycles. The summed E-state index contributed by atoms with van der Waals surface area (Å²) in [5, 5.41) is 0. The number of fused-ring (bicyclic) bond motifs is 2. The third-order valence-electron chi connectivity index (χ3n) is 6.62. The van der Waals surface area contributed by atoms with E-state index in [0.717, 1.165) is 45.0 Å². The maximum Gasteiger partial charge on any atom is 0.137 e. The Labute approximate surface area is 168 Å². The third kappa shape index (κ3) is 3.65. The molecule has 0 aliphatic carbocycles. The van der Waals surface area contributed by atoms with Crippen LogP contribution in [0.3, 0.4) is 0 Å². The Morgan fingerprint density at radius 2 is 1.89 bits per heavy atom. The minimum absolute atomic E-state index is 0.706. The number of aryl methyl sites for hydroxylation is 1. The van der Waals surface area contributed by atoms with Crippen LogP contribution in [0.1, 0.15) is 41.9 Å². The highest BCUT2D eigenvalue weighted by molar-refractivity contribution is 5.51. The smallest absolute Gasteiger partial charge is 0.137 e. The first-order valence-corrected chi connectivity index (χ1v) is 10.9. The number of nitrogens with zero attached hydrogens (tertiary/aromatic N) is 5. The quantitative estimate of drug-likeness (QED) is 0.822. The molecule has 0 radical (unpaired) electrons. The van der Waals surface area contributed by atoms with E-state index in [1.54, 1.807) is 0 Å². The van der Waals surface area contributed by atoms with E-state index in [2.05, 4.69) is 52.0 Å². The van der Waals surface area contributed by atoms with E-state index in [4.69, 9.17) is 9.97 Å². The molecule has 5 rings (SSSR count). The van der Waals surface area contributed by atoms with E-state index in [1.807, 2.05) is 0 Å². The van der Waals surface area contributed by atoms with Crippen molar-refractivity contribution in [2.24, 2.45) is 0 Å². The molecule has 5 nitrogen and oxygen atoms in total. The zero-order valence-corrected chi connectivity index (χ0v) is 17.0. The van der Waals surface area contributed by atoms with Crippen LogP contribution in [-0.2, 0) is 19.5 Å². The van der Waals surface area contributed by atoms with Gasteiger partial charge in [0.05, 0.1) is 5.69 Å². The van der Waals surface area contributed by atoms with E-state index in [1.165, 1.54) is 55.0 Å². The number of piperazine rings is 1. The van der Waals surface area contributed by atoms with Gasteiger partial charge in [0, 0.05) is 57.3 Å². The average molecular weight is 378 g/mol. The molecule has 0 bridgehead atoms. The molecule has 0 saturated carbocycles. The number of hydrogen-bond donors (Lipinski definition) is 0. The summed E-state index contributed by atoms with van der Waals surface area (Å²) in [7, 11) is 0. The second-order valence-electron chi connectivity index (χ2n) is 8.60. The van der Waals surface area contributed by atoms with E-state index >= 15 is 0 Å². The standard InChI is InChI=1S/C23H31N5/c1-18-24-22-10-12-26(15-19-7-3-2-4-8-19)17-21(22)23(25-18)28-14-13-27-11-6-5-9-20(27)16-28/h2-4,7-8,20H,5-6,9-17H2,1H3. The molecule has 0 spiro atoms. The largest absolute Gasteiger partial charge is 0.353 e. The second kappa shape index (κ2) is 7.80. The van der Waals surface area contributed by atoms with Crippen molar-refractivity contribution in [3.8, 4) is 0 Å². The Morgan fingerprint density at radius 3 is 2.79 bits per heavy atom. The summed E-state index contributed by atoms with van der Waals surface area (Å²) in [5.41, 5.74) is 4.03. The Kier molecular flexibility index (Phi) is 5.03. The lowest BCUT2D eigenvalue weighted by atomic mass is 9.98. The molecule has 28 heavy (non-hydrogen) atoms. The fourth-order valence-corrected chi connectivity index (χ4v) is 5.16. The average Bonchev–Trinajstić information content (AvgIpc) is 2.74. The monoisotopic (exact) mass is 377 g/mol. The van der Waals surface area contributed by atoms with Crippen molar-refractivity contribution in [2.75, 3.05) is 37.6 Å². The number of rotatable bonds is 3. The molecule has 5 heteroatoms. The zero-order valence-electron chi connectivity index (χ0n) is 17.0. The highest BCUT2D eigenvalue weighted by atomic mass is 15.3. The minimum Gasteiger partial charge on any atom is -0.353 e. The summed E-state index contributed by atoms with van der Waals surface area (Å²) in [4.78, 5) is 17.6. The molecule has 0 N–H and O–H groups in total. The highest BCUT2D eigenvalue weighted by Crippen LogP contribution is 2.30. The van der Waals surface area contributed by atoms with Gasteiger partial charge < -0.3 is 4.90 Å². The number of anilines is 1. The van der Waals surface area contributed by atoms with E-state index < -0.39 is 0 Å². The van der Waals surface area contributed by atoms with Gasteiger partial charge in [-0.25, -0.2) is 9.97 Å². The lowest BCUT2D eigenvalue weighted by Gasteiger charge is -2.45. The molecule has 2 fully saturated rings. The van der Waals surface area contributed by atoms with Crippen molar-refractivity contribution >= 4 is 5.82 Å². The molecule has 3 aliphatic heterocycles. The summed E-state index contributed by atoms with van der Waals surface area (Å²) < 4.78 is 0. The molecule has 1 aromatic carbocycles. The van der Waals surface area contributed by atoms with Crippen LogP contribution < -0.4 is 4.90 Å². The predicted octanol–water partition coefficient (Wildman–Crippen LogP) is 3.02. The fourth-order valence-electron chi connectivity index (χ4n) is 5.16. The van der Waals surface area contributed by atoms with Crippen molar-refractivity contribution < 1.29 is 0 Å². The number of benzene rings is 1. The molecule has 1 aromatic heterocycles. The Morgan fingerprint density at radius 1 is 1.00 bits per heavy atom. The van der Waals surface area contributed by atoms with E-state index in [9.17, 15) is 0 Å². The Hall–Kier alpha value is -1.98. The predicted molar refractivity (Wildman–Crippen MR) is 112 cm³/mol. The van der Waals surface area contributed by atoms with Gasteiger partial charge in [-0.2, -0.15) is 0 Å². The summed E-state index contributed by atoms with van der Waals surface area (Å²) in [5.74, 6) is 2.14. The molecule has 1 unspecified atom stereocenters. The van der Waals surface area contributed by atoms with E-state index in [-0.39, 0.29) is 0 Å². The maximum atomic E-state index is 4.96. The number of piperidine rings is 1. The van der Waals surface area contributed by atoms with Gasteiger partial charge in [-0.3, -0.25) is 9.80 Å². The van der Waals surface area contributed by atoms with Crippen LogP contribution in [0.25, 0.3) is 0 Å². The maximum absolute atomic E-state index is 4.96. The summed E-state index contributed by atoms with van der Waals surface area (Å²) in [6.07, 6.45) is 5.11. The van der Waals surface area contributed by atoms with Crippen LogP contribution >= 0.6 is 0 Å². The Bertz CT molecular complexity index is 821. The van der Waals surface area contributed by atoms with Crippen molar-refractivity contribution in [1.82, 2.24) is 19.8 Å². The molecular weight excluding hydrogens is 346 g/mol. The first kappa shape index (κ1) is 18.1. The van der Waals surface area contributed by atoms with Crippen LogP contribution in [-0.4, -0.2) is 58.5 Å². The molecule has 2 saturated heterocycles. The normalized spacial score (nSPS) is 23.3. The third-order valence-corrected chi connectivity index (χ3v) is 6.62. The lowest BCUT2D eigenvalue weighted by molar-refractivity contribution is 0.133. The van der Waals surface area contributed by atoms with Crippen LogP contribution in [0.2, 0.25) is 0 Å². The summed E-state index contributed by atoms with van der Waals surface area (Å²) in [6.45, 7) is 9.78. The summed E-state index contributed by atoms with van der Waals surface area (Å²) >= 11 is 0. The SMILES string of the molecule is Cc1nc2c(c(N3CCN4CCCCC4C3)n1)CN(Cc1ccccc1)CC2. The van der Waals surface area contributed by atoms with Crippen LogP contribution in [0.15, 0.2) is 30.3 Å². The van der Waals surface area contributed by atoms with Crippen LogP contribution in [0.4, 0.5) is 5.82 Å². The van der Waals surface area contributed by atoms with Gasteiger partial charge in [0.1, 0.15) is 11.6 Å². The molecule has 0 amide bonds. The first-order valence-electron chi connectivity index (χ1n) is 10.9. The molecular formula is C23H31N5. The van der Waals surface area contributed by atoms with Crippen molar-refractivity contribution in [3.63, 3.8) is 0 Å². The van der Waals surface area contributed by atoms with Gasteiger partial charge in [0.2, 0.25) is 0 Å². The molecule has 3 aliphatic rings. The Balaban J connectivity index is 1.38. The first-order chi connectivity index (χ1) is 13.8. The van der Waals surface area contributed by atoms with Gasteiger partial charge in [0.25, 0.3) is 0 Å². The van der Waals surface area contributed by atoms with Crippen LogP contribution in [0.5, 0.6) is 0 Å². The number of hydrogen-bond acceptors (Lipinski definition) is 5. The van der Waals surface area contributed by atoms with Gasteiger partial charge in [-0.05, 0) is 31.9 Å². The molecule has 148 valence electrons. The van der Waals surface area contributed by atoms with Crippen molar-refractivity contribution in [2.45, 2.75) is 51.7 Å². The fraction of sp³-hybridized carbons (Fsp3) is 0.565. The zero-order chi connectivity index (χ0) is 18.9. The lowest BCUT2D eigenvalue weighted by Crippen LogP contribution is -2.55. The van der Waals surface area contributed by atoms with Gasteiger partial charge in [-0.15, -0.1) is 0 Å². The second-order valence-corrected chi connectivity index (χ2v) is 8.60.